The number of anilines is 1. The fraction of sp³-hybridized carbons (Fsp3) is 0.214. The van der Waals surface area contributed by atoms with Gasteiger partial charge in [0.25, 0.3) is 5.91 Å². The molecule has 20 heavy (non-hydrogen) atoms. The Morgan fingerprint density at radius 1 is 1.45 bits per heavy atom. The number of thiazole rings is 1. The van der Waals surface area contributed by atoms with Crippen LogP contribution in [-0.2, 0) is 0 Å². The molecule has 0 aliphatic carbocycles. The van der Waals surface area contributed by atoms with Gasteiger partial charge >= 0.3 is 0 Å². The van der Waals surface area contributed by atoms with Gasteiger partial charge in [0.05, 0.1) is 12.2 Å². The van der Waals surface area contributed by atoms with Crippen molar-refractivity contribution in [1.29, 1.82) is 0 Å². The van der Waals surface area contributed by atoms with Crippen LogP contribution >= 0.6 is 11.3 Å². The van der Waals surface area contributed by atoms with Crippen molar-refractivity contribution < 1.29 is 9.90 Å². The number of aryl methyl sites for hydroxylation is 1. The van der Waals surface area contributed by atoms with E-state index >= 15 is 0 Å². The van der Waals surface area contributed by atoms with Crippen LogP contribution in [0.25, 0.3) is 0 Å². The van der Waals surface area contributed by atoms with Crippen molar-refractivity contribution in [2.45, 2.75) is 13.3 Å². The van der Waals surface area contributed by atoms with Gasteiger partial charge in [0.15, 0.2) is 5.13 Å². The number of hydrogen-bond acceptors (Lipinski definition) is 5. The van der Waals surface area contributed by atoms with Gasteiger partial charge in [0.1, 0.15) is 0 Å². The molecule has 0 spiro atoms. The molecule has 0 aliphatic rings. The first kappa shape index (κ1) is 14.2. The normalized spacial score (nSPS) is 9.70. The van der Waals surface area contributed by atoms with E-state index in [1.165, 1.54) is 17.5 Å². The van der Waals surface area contributed by atoms with Crippen LogP contribution < -0.4 is 5.32 Å². The highest BCUT2D eigenvalue weighted by Gasteiger charge is 2.09. The molecule has 2 aromatic heterocycles. The predicted octanol–water partition coefficient (Wildman–Crippen LogP) is 1.83. The molecule has 0 atom stereocenters. The molecule has 2 aromatic rings. The lowest BCUT2D eigenvalue weighted by Crippen LogP contribution is -2.12. The van der Waals surface area contributed by atoms with Crippen molar-refractivity contribution in [3.05, 3.63) is 40.7 Å². The second kappa shape index (κ2) is 6.80. The van der Waals surface area contributed by atoms with Crippen LogP contribution in [0.1, 0.15) is 27.2 Å². The van der Waals surface area contributed by atoms with E-state index in [2.05, 4.69) is 27.1 Å². The first-order valence-corrected chi connectivity index (χ1v) is 6.79. The molecule has 2 heterocycles. The van der Waals surface area contributed by atoms with E-state index in [0.717, 1.165) is 4.88 Å². The number of aromatic nitrogens is 2. The van der Waals surface area contributed by atoms with E-state index < -0.39 is 0 Å². The molecular weight excluding hydrogens is 274 g/mol. The number of pyridine rings is 1. The molecule has 0 aromatic carbocycles. The summed E-state index contributed by atoms with van der Waals surface area (Å²) in [5, 5.41) is 11.9. The zero-order valence-corrected chi connectivity index (χ0v) is 11.7. The summed E-state index contributed by atoms with van der Waals surface area (Å²) in [6.45, 7) is 1.94. The topological polar surface area (TPSA) is 75.1 Å². The third-order valence-corrected chi connectivity index (χ3v) is 3.14. The van der Waals surface area contributed by atoms with Crippen molar-refractivity contribution in [2.24, 2.45) is 0 Å². The standard InChI is InChI=1S/C14H13N3O2S/c1-10-7-16-14(20-10)17-13(19)12-6-11(8-15-9-12)4-2-3-5-18/h6-9,18H,3,5H2,1H3,(H,16,17,19). The van der Waals surface area contributed by atoms with Gasteiger partial charge in [-0.15, -0.1) is 11.3 Å². The Morgan fingerprint density at radius 2 is 2.30 bits per heavy atom. The lowest BCUT2D eigenvalue weighted by molar-refractivity contribution is 0.102. The number of amides is 1. The van der Waals surface area contributed by atoms with Crippen molar-refractivity contribution in [3.63, 3.8) is 0 Å². The van der Waals surface area contributed by atoms with Crippen LogP contribution in [0.4, 0.5) is 5.13 Å². The van der Waals surface area contributed by atoms with Gasteiger partial charge in [-0.05, 0) is 13.0 Å². The van der Waals surface area contributed by atoms with E-state index in [9.17, 15) is 4.79 Å². The third kappa shape index (κ3) is 3.88. The Hall–Kier alpha value is -2.23. The maximum absolute atomic E-state index is 12.0. The first-order chi connectivity index (χ1) is 9.69. The van der Waals surface area contributed by atoms with Crippen LogP contribution in [0.5, 0.6) is 0 Å². The van der Waals surface area contributed by atoms with Crippen LogP contribution in [-0.4, -0.2) is 27.6 Å². The number of nitrogens with one attached hydrogen (secondary N) is 1. The minimum atomic E-state index is -0.266. The SMILES string of the molecule is Cc1cnc(NC(=O)c2cncc(C#CCCO)c2)s1. The molecule has 0 unspecified atom stereocenters. The average molecular weight is 287 g/mol. The van der Waals surface area contributed by atoms with Crippen molar-refractivity contribution in [3.8, 4) is 11.8 Å². The van der Waals surface area contributed by atoms with Crippen molar-refractivity contribution in [1.82, 2.24) is 9.97 Å². The summed E-state index contributed by atoms with van der Waals surface area (Å²) in [4.78, 5) is 21.1. The molecule has 0 radical (unpaired) electrons. The zero-order chi connectivity index (χ0) is 14.4. The van der Waals surface area contributed by atoms with E-state index in [4.69, 9.17) is 5.11 Å². The number of aliphatic hydroxyl groups excluding tert-OH is 1. The first-order valence-electron chi connectivity index (χ1n) is 5.97. The minimum Gasteiger partial charge on any atom is -0.395 e. The second-order valence-electron chi connectivity index (χ2n) is 3.97. The maximum atomic E-state index is 12.0. The number of rotatable bonds is 3. The van der Waals surface area contributed by atoms with E-state index in [0.29, 0.717) is 22.7 Å². The second-order valence-corrected chi connectivity index (χ2v) is 5.20. The summed E-state index contributed by atoms with van der Waals surface area (Å²) < 4.78 is 0. The van der Waals surface area contributed by atoms with Gasteiger partial charge in [-0.3, -0.25) is 15.1 Å². The van der Waals surface area contributed by atoms with Gasteiger partial charge in [-0.25, -0.2) is 4.98 Å². The van der Waals surface area contributed by atoms with Crippen LogP contribution in [0.3, 0.4) is 0 Å². The van der Waals surface area contributed by atoms with E-state index in [1.807, 2.05) is 6.92 Å². The molecule has 2 rings (SSSR count). The summed E-state index contributed by atoms with van der Waals surface area (Å²) >= 11 is 1.41. The number of nitrogens with zero attached hydrogens (tertiary/aromatic N) is 2. The van der Waals surface area contributed by atoms with Crippen LogP contribution in [0, 0.1) is 18.8 Å². The lowest BCUT2D eigenvalue weighted by Gasteiger charge is -2.01. The number of aliphatic hydroxyl groups is 1. The van der Waals surface area contributed by atoms with Gasteiger partial charge in [-0.1, -0.05) is 11.8 Å². The molecule has 0 fully saturated rings. The van der Waals surface area contributed by atoms with Crippen LogP contribution in [0.2, 0.25) is 0 Å². The molecule has 6 heteroatoms. The van der Waals surface area contributed by atoms with E-state index in [1.54, 1.807) is 18.5 Å². The van der Waals surface area contributed by atoms with Crippen LogP contribution in [0.15, 0.2) is 24.7 Å². The Kier molecular flexibility index (Phi) is 4.82. The van der Waals surface area contributed by atoms with Crippen molar-refractivity contribution >= 4 is 22.4 Å². The fourth-order valence-electron chi connectivity index (χ4n) is 1.43. The van der Waals surface area contributed by atoms with Crippen molar-refractivity contribution in [2.75, 3.05) is 11.9 Å². The summed E-state index contributed by atoms with van der Waals surface area (Å²) in [6.07, 6.45) is 5.16. The number of hydrogen-bond donors (Lipinski definition) is 2. The smallest absolute Gasteiger partial charge is 0.259 e. The molecule has 0 saturated heterocycles. The highest BCUT2D eigenvalue weighted by Crippen LogP contribution is 2.17. The van der Waals surface area contributed by atoms with Gasteiger partial charge in [0, 0.05) is 35.5 Å². The fourth-order valence-corrected chi connectivity index (χ4v) is 2.09. The summed E-state index contributed by atoms with van der Waals surface area (Å²) in [5.74, 6) is 5.37. The number of carbonyl (C=O) groups excluding carboxylic acids is 1. The average Bonchev–Trinajstić information content (AvgIpc) is 2.85. The summed E-state index contributed by atoms with van der Waals surface area (Å²) in [5.41, 5.74) is 1.06. The van der Waals surface area contributed by atoms with Gasteiger partial charge in [0.2, 0.25) is 0 Å². The van der Waals surface area contributed by atoms with Gasteiger partial charge in [-0.2, -0.15) is 0 Å². The maximum Gasteiger partial charge on any atom is 0.259 e. The molecule has 1 amide bonds. The highest BCUT2D eigenvalue weighted by molar-refractivity contribution is 7.15. The highest BCUT2D eigenvalue weighted by atomic mass is 32.1. The molecule has 2 N–H and O–H groups in total. The molecule has 0 bridgehead atoms. The minimum absolute atomic E-state index is 0.0179. The largest absolute Gasteiger partial charge is 0.395 e. The summed E-state index contributed by atoms with van der Waals surface area (Å²) in [6, 6.07) is 1.66. The predicted molar refractivity (Wildman–Crippen MR) is 77.6 cm³/mol. The lowest BCUT2D eigenvalue weighted by atomic mass is 10.2. The third-order valence-electron chi connectivity index (χ3n) is 2.31. The zero-order valence-electron chi connectivity index (χ0n) is 10.9. The summed E-state index contributed by atoms with van der Waals surface area (Å²) in [7, 11) is 0. The Morgan fingerprint density at radius 3 is 3.00 bits per heavy atom. The van der Waals surface area contributed by atoms with Gasteiger partial charge < -0.3 is 5.11 Å². The number of carbonyl (C=O) groups is 1. The van der Waals surface area contributed by atoms with E-state index in [-0.39, 0.29) is 12.5 Å². The molecule has 0 aliphatic heterocycles. The monoisotopic (exact) mass is 287 g/mol. The molecular formula is C14H13N3O2S. The Labute approximate surface area is 120 Å². The molecule has 0 saturated carbocycles. The Balaban J connectivity index is 2.10. The molecule has 102 valence electrons. The Bertz CT molecular complexity index is 670. The quantitative estimate of drug-likeness (QED) is 0.845. The molecule has 5 nitrogen and oxygen atoms in total.